The molecule has 0 aliphatic carbocycles. The number of aliphatic hydroxyl groups excluding tert-OH is 1. The van der Waals surface area contributed by atoms with Crippen molar-refractivity contribution in [3.8, 4) is 17.3 Å². The van der Waals surface area contributed by atoms with Crippen molar-refractivity contribution in [3.05, 3.63) is 95.6 Å². The van der Waals surface area contributed by atoms with Gasteiger partial charge in [-0.1, -0.05) is 30.3 Å². The van der Waals surface area contributed by atoms with Crippen LogP contribution in [0, 0.1) is 13.8 Å². The molecule has 0 aliphatic heterocycles. The van der Waals surface area contributed by atoms with Crippen molar-refractivity contribution in [1.29, 1.82) is 0 Å². The van der Waals surface area contributed by atoms with Gasteiger partial charge in [0.2, 0.25) is 5.88 Å². The van der Waals surface area contributed by atoms with Gasteiger partial charge in [-0.05, 0) is 62.7 Å². The van der Waals surface area contributed by atoms with Gasteiger partial charge in [-0.15, -0.1) is 0 Å². The first-order chi connectivity index (χ1) is 15.5. The van der Waals surface area contributed by atoms with Crippen LogP contribution in [0.4, 0.5) is 0 Å². The summed E-state index contributed by atoms with van der Waals surface area (Å²) in [6.45, 7) is 7.47. The number of furan rings is 1. The average Bonchev–Trinajstić information content (AvgIpc) is 3.37. The fraction of sp³-hybridized carbons (Fsp3) is 0.269. The highest BCUT2D eigenvalue weighted by molar-refractivity contribution is 5.43. The number of aryl methyl sites for hydroxylation is 2. The minimum absolute atomic E-state index is 0.476. The quantitative estimate of drug-likeness (QED) is 0.392. The van der Waals surface area contributed by atoms with Gasteiger partial charge in [0.25, 0.3) is 0 Å². The molecular formula is C26H29N3O3. The molecule has 166 valence electrons. The lowest BCUT2D eigenvalue weighted by Crippen LogP contribution is -2.30. The van der Waals surface area contributed by atoms with Crippen molar-refractivity contribution < 1.29 is 14.3 Å². The first kappa shape index (κ1) is 21.9. The van der Waals surface area contributed by atoms with Gasteiger partial charge in [0.15, 0.2) is 0 Å². The topological polar surface area (TPSA) is 63.7 Å². The lowest BCUT2D eigenvalue weighted by Gasteiger charge is -2.23. The highest BCUT2D eigenvalue weighted by atomic mass is 16.5. The molecule has 6 nitrogen and oxygen atoms in total. The third-order valence-corrected chi connectivity index (χ3v) is 5.21. The number of hydrogen-bond donors (Lipinski definition) is 1. The summed E-state index contributed by atoms with van der Waals surface area (Å²) in [6.07, 6.45) is 1.19. The normalized spacial score (nSPS) is 12.3. The van der Waals surface area contributed by atoms with Crippen LogP contribution in [0.15, 0.2) is 77.4 Å². The van der Waals surface area contributed by atoms with Crippen molar-refractivity contribution in [2.45, 2.75) is 40.0 Å². The molecule has 2 aromatic heterocycles. The zero-order valence-corrected chi connectivity index (χ0v) is 18.7. The third kappa shape index (κ3) is 5.28. The van der Waals surface area contributed by atoms with Crippen LogP contribution < -0.4 is 4.74 Å². The Labute approximate surface area is 188 Å². The van der Waals surface area contributed by atoms with Crippen LogP contribution in [0.5, 0.6) is 11.6 Å². The average molecular weight is 432 g/mol. The van der Waals surface area contributed by atoms with Crippen molar-refractivity contribution in [1.82, 2.24) is 14.7 Å². The fourth-order valence-electron chi connectivity index (χ4n) is 3.77. The summed E-state index contributed by atoms with van der Waals surface area (Å²) in [5.41, 5.74) is 3.91. The Morgan fingerprint density at radius 3 is 2.53 bits per heavy atom. The van der Waals surface area contributed by atoms with Gasteiger partial charge < -0.3 is 14.3 Å². The Morgan fingerprint density at radius 2 is 1.84 bits per heavy atom. The van der Waals surface area contributed by atoms with Crippen LogP contribution in [0.1, 0.15) is 29.5 Å². The largest absolute Gasteiger partial charge is 0.468 e. The van der Waals surface area contributed by atoms with Crippen LogP contribution in [-0.2, 0) is 13.1 Å². The number of ether oxygens (including phenoxy) is 1. The summed E-state index contributed by atoms with van der Waals surface area (Å²) >= 11 is 0. The zero-order chi connectivity index (χ0) is 22.5. The maximum atomic E-state index is 10.1. The molecule has 0 aliphatic rings. The van der Waals surface area contributed by atoms with E-state index < -0.39 is 6.10 Å². The Hall–Kier alpha value is -3.35. The summed E-state index contributed by atoms with van der Waals surface area (Å²) in [4.78, 5) is 2.14. The van der Waals surface area contributed by atoms with Crippen LogP contribution in [0.25, 0.3) is 5.69 Å². The van der Waals surface area contributed by atoms with Gasteiger partial charge in [-0.3, -0.25) is 4.90 Å². The molecule has 0 saturated heterocycles. The second kappa shape index (κ2) is 9.85. The minimum Gasteiger partial charge on any atom is -0.468 e. The molecule has 0 radical (unpaired) electrons. The number of para-hydroxylation sites is 1. The van der Waals surface area contributed by atoms with Gasteiger partial charge >= 0.3 is 0 Å². The standard InChI is InChI=1S/C26H29N3O3/c1-19-9-7-12-23(15-19)32-26-25(21(3)27-29(26)22-10-5-4-6-11-22)18-28(16-20(2)30)17-24-13-8-14-31-24/h4-15,20,30H,16-18H2,1-3H3. The smallest absolute Gasteiger partial charge is 0.227 e. The molecule has 1 N–H and O–H groups in total. The predicted octanol–water partition coefficient (Wildman–Crippen LogP) is 5.26. The molecule has 0 fully saturated rings. The molecule has 1 unspecified atom stereocenters. The molecular weight excluding hydrogens is 402 g/mol. The van der Waals surface area contributed by atoms with Gasteiger partial charge in [-0.25, -0.2) is 4.68 Å². The van der Waals surface area contributed by atoms with Gasteiger partial charge in [0, 0.05) is 13.1 Å². The number of aliphatic hydroxyl groups is 1. The van der Waals surface area contributed by atoms with E-state index >= 15 is 0 Å². The van der Waals surface area contributed by atoms with E-state index in [9.17, 15) is 5.11 Å². The maximum Gasteiger partial charge on any atom is 0.227 e. The summed E-state index contributed by atoms with van der Waals surface area (Å²) < 4.78 is 13.8. The lowest BCUT2D eigenvalue weighted by molar-refractivity contribution is 0.112. The second-order valence-corrected chi connectivity index (χ2v) is 8.13. The van der Waals surface area contributed by atoms with E-state index in [1.54, 1.807) is 13.2 Å². The molecule has 1 atom stereocenters. The molecule has 2 aromatic carbocycles. The molecule has 0 bridgehead atoms. The Kier molecular flexibility index (Phi) is 6.73. The Balaban J connectivity index is 1.73. The Bertz CT molecular complexity index is 1130. The SMILES string of the molecule is Cc1cccc(Oc2c(CN(Cc3ccco3)CC(C)O)c(C)nn2-c2ccccc2)c1. The molecule has 0 spiro atoms. The fourth-order valence-corrected chi connectivity index (χ4v) is 3.77. The van der Waals surface area contributed by atoms with Crippen LogP contribution in [0.2, 0.25) is 0 Å². The molecule has 0 saturated carbocycles. The molecule has 32 heavy (non-hydrogen) atoms. The maximum absolute atomic E-state index is 10.1. The summed E-state index contributed by atoms with van der Waals surface area (Å²) in [5.74, 6) is 2.28. The number of hydrogen-bond acceptors (Lipinski definition) is 5. The van der Waals surface area contributed by atoms with Crippen LogP contribution >= 0.6 is 0 Å². The minimum atomic E-state index is -0.476. The van der Waals surface area contributed by atoms with E-state index in [2.05, 4.69) is 4.90 Å². The highest BCUT2D eigenvalue weighted by Gasteiger charge is 2.22. The summed E-state index contributed by atoms with van der Waals surface area (Å²) in [7, 11) is 0. The number of benzene rings is 2. The predicted molar refractivity (Wildman–Crippen MR) is 124 cm³/mol. The monoisotopic (exact) mass is 431 g/mol. The van der Waals surface area contributed by atoms with Crippen molar-refractivity contribution in [2.75, 3.05) is 6.54 Å². The molecule has 2 heterocycles. The van der Waals surface area contributed by atoms with E-state index in [1.807, 2.05) is 85.3 Å². The van der Waals surface area contributed by atoms with Gasteiger partial charge in [0.05, 0.1) is 35.9 Å². The number of aromatic nitrogens is 2. The third-order valence-electron chi connectivity index (χ3n) is 5.21. The Morgan fingerprint density at radius 1 is 1.03 bits per heavy atom. The molecule has 4 rings (SSSR count). The van der Waals surface area contributed by atoms with Crippen molar-refractivity contribution in [2.24, 2.45) is 0 Å². The van der Waals surface area contributed by atoms with Crippen molar-refractivity contribution >= 4 is 0 Å². The lowest BCUT2D eigenvalue weighted by atomic mass is 10.2. The van der Waals surface area contributed by atoms with Crippen LogP contribution in [0.3, 0.4) is 0 Å². The zero-order valence-electron chi connectivity index (χ0n) is 18.7. The van der Waals surface area contributed by atoms with E-state index in [0.717, 1.165) is 34.0 Å². The second-order valence-electron chi connectivity index (χ2n) is 8.13. The molecule has 0 amide bonds. The summed E-state index contributed by atoms with van der Waals surface area (Å²) in [5, 5.41) is 14.9. The van der Waals surface area contributed by atoms with Gasteiger partial charge in [-0.2, -0.15) is 5.10 Å². The van der Waals surface area contributed by atoms with Crippen LogP contribution in [-0.4, -0.2) is 32.4 Å². The first-order valence-electron chi connectivity index (χ1n) is 10.8. The highest BCUT2D eigenvalue weighted by Crippen LogP contribution is 2.32. The van der Waals surface area contributed by atoms with E-state index in [0.29, 0.717) is 25.5 Å². The molecule has 6 heteroatoms. The number of rotatable bonds is 9. The number of nitrogens with zero attached hydrogens (tertiary/aromatic N) is 3. The van der Waals surface area contributed by atoms with Crippen molar-refractivity contribution in [3.63, 3.8) is 0 Å². The first-order valence-corrected chi connectivity index (χ1v) is 10.8. The van der Waals surface area contributed by atoms with E-state index in [1.165, 1.54) is 0 Å². The molecule has 4 aromatic rings. The van der Waals surface area contributed by atoms with E-state index in [-0.39, 0.29) is 0 Å². The van der Waals surface area contributed by atoms with E-state index in [4.69, 9.17) is 14.3 Å². The van der Waals surface area contributed by atoms with Gasteiger partial charge in [0.1, 0.15) is 11.5 Å². The summed E-state index contributed by atoms with van der Waals surface area (Å²) in [6, 6.07) is 21.8.